The Morgan fingerprint density at radius 1 is 1.07 bits per heavy atom. The second-order valence-electron chi connectivity index (χ2n) is 7.01. The Kier molecular flexibility index (Phi) is 4.72. The number of ether oxygens (including phenoxy) is 1. The summed E-state index contributed by atoms with van der Waals surface area (Å²) < 4.78 is 9.89. The second kappa shape index (κ2) is 7.82. The minimum absolute atomic E-state index is 0.281. The topological polar surface area (TPSA) is 86.9 Å². The number of carbonyl (C=O) groups excluding carboxylic acids is 1. The predicted molar refractivity (Wildman–Crippen MR) is 112 cm³/mol. The van der Waals surface area contributed by atoms with Gasteiger partial charge in [0, 0.05) is 37.0 Å². The van der Waals surface area contributed by atoms with Crippen molar-refractivity contribution in [3.63, 3.8) is 0 Å². The molecule has 0 aliphatic carbocycles. The molecule has 3 aromatic heterocycles. The number of imidazole rings is 2. The molecule has 1 N–H and O–H groups in total. The average molecular weight is 400 g/mol. The van der Waals surface area contributed by atoms with Crippen molar-refractivity contribution in [2.24, 2.45) is 0 Å². The van der Waals surface area contributed by atoms with E-state index in [1.54, 1.807) is 30.9 Å². The number of hydrogen-bond donors (Lipinski definition) is 1. The van der Waals surface area contributed by atoms with Gasteiger partial charge in [0.25, 0.3) is 5.91 Å². The number of aromatic nitrogens is 5. The van der Waals surface area contributed by atoms with Crippen LogP contribution in [0.5, 0.6) is 5.75 Å². The van der Waals surface area contributed by atoms with Gasteiger partial charge in [0.1, 0.15) is 17.3 Å². The van der Waals surface area contributed by atoms with Crippen LogP contribution in [0.1, 0.15) is 23.2 Å². The van der Waals surface area contributed by atoms with E-state index in [4.69, 9.17) is 4.74 Å². The molecular weight excluding hydrogens is 380 g/mol. The number of hydrogen-bond acceptors (Lipinski definition) is 5. The fourth-order valence-electron chi connectivity index (χ4n) is 3.50. The SMILES string of the molecule is O=C1Nc2cccc(n2)-c2nccn2CCCCOc2ccc(-n3ccnc3)cc21. The van der Waals surface area contributed by atoms with Crippen LogP contribution in [-0.4, -0.2) is 36.6 Å². The van der Waals surface area contributed by atoms with Crippen molar-refractivity contribution in [1.82, 2.24) is 24.1 Å². The molecule has 0 radical (unpaired) electrons. The number of nitrogens with one attached hydrogen (secondary N) is 1. The number of benzene rings is 1. The zero-order valence-electron chi connectivity index (χ0n) is 16.2. The van der Waals surface area contributed by atoms with Crippen molar-refractivity contribution in [3.8, 4) is 23.0 Å². The molecule has 0 fully saturated rings. The zero-order chi connectivity index (χ0) is 20.3. The van der Waals surface area contributed by atoms with Crippen LogP contribution in [0.15, 0.2) is 67.5 Å². The highest BCUT2D eigenvalue weighted by atomic mass is 16.5. The third-order valence-electron chi connectivity index (χ3n) is 5.00. The van der Waals surface area contributed by atoms with E-state index in [2.05, 4.69) is 24.8 Å². The molecule has 1 aliphatic heterocycles. The number of amides is 1. The number of fused-ring (bicyclic) bond motifs is 5. The van der Waals surface area contributed by atoms with Gasteiger partial charge in [-0.1, -0.05) is 6.07 Å². The monoisotopic (exact) mass is 400 g/mol. The lowest BCUT2D eigenvalue weighted by Crippen LogP contribution is -2.16. The number of pyridine rings is 1. The lowest BCUT2D eigenvalue weighted by molar-refractivity contribution is 0.102. The summed E-state index contributed by atoms with van der Waals surface area (Å²) in [6, 6.07) is 11.1. The predicted octanol–water partition coefficient (Wildman–Crippen LogP) is 3.56. The first-order valence-corrected chi connectivity index (χ1v) is 9.83. The maximum absolute atomic E-state index is 13.1. The maximum Gasteiger partial charge on any atom is 0.260 e. The van der Waals surface area contributed by atoms with E-state index in [9.17, 15) is 4.79 Å². The van der Waals surface area contributed by atoms with Crippen molar-refractivity contribution >= 4 is 11.7 Å². The molecule has 1 amide bonds. The molecule has 0 saturated heterocycles. The normalized spacial score (nSPS) is 14.1. The fourth-order valence-corrected chi connectivity index (χ4v) is 3.50. The molecule has 5 rings (SSSR count). The van der Waals surface area contributed by atoms with E-state index in [0.717, 1.165) is 36.6 Å². The maximum atomic E-state index is 13.1. The number of rotatable bonds is 1. The van der Waals surface area contributed by atoms with E-state index in [-0.39, 0.29) is 5.91 Å². The van der Waals surface area contributed by atoms with Gasteiger partial charge in [-0.2, -0.15) is 0 Å². The lowest BCUT2D eigenvalue weighted by atomic mass is 10.1. The van der Waals surface area contributed by atoms with Gasteiger partial charge in [-0.3, -0.25) is 4.79 Å². The minimum atomic E-state index is -0.281. The number of nitrogens with zero attached hydrogens (tertiary/aromatic N) is 5. The van der Waals surface area contributed by atoms with Gasteiger partial charge >= 0.3 is 0 Å². The van der Waals surface area contributed by atoms with Crippen molar-refractivity contribution in [3.05, 3.63) is 73.1 Å². The summed E-state index contributed by atoms with van der Waals surface area (Å²) in [7, 11) is 0. The molecule has 1 aliphatic rings. The molecule has 4 aromatic rings. The van der Waals surface area contributed by atoms with Crippen LogP contribution in [0.25, 0.3) is 17.2 Å². The largest absolute Gasteiger partial charge is 0.493 e. The van der Waals surface area contributed by atoms with Crippen molar-refractivity contribution in [1.29, 1.82) is 0 Å². The molecule has 0 atom stereocenters. The molecular formula is C22H20N6O2. The number of carbonyl (C=O) groups is 1. The van der Waals surface area contributed by atoms with Crippen molar-refractivity contribution in [2.45, 2.75) is 19.4 Å². The van der Waals surface area contributed by atoms with Crippen LogP contribution in [0.3, 0.4) is 0 Å². The molecule has 8 nitrogen and oxygen atoms in total. The van der Waals surface area contributed by atoms with Gasteiger partial charge in [-0.25, -0.2) is 15.0 Å². The highest BCUT2D eigenvalue weighted by Gasteiger charge is 2.17. The first-order chi connectivity index (χ1) is 14.8. The molecule has 0 unspecified atom stereocenters. The van der Waals surface area contributed by atoms with E-state index < -0.39 is 0 Å². The molecule has 8 heteroatoms. The van der Waals surface area contributed by atoms with Gasteiger partial charge in [0.15, 0.2) is 5.82 Å². The average Bonchev–Trinajstić information content (AvgIpc) is 3.45. The van der Waals surface area contributed by atoms with Gasteiger partial charge in [0.2, 0.25) is 0 Å². The van der Waals surface area contributed by atoms with Gasteiger partial charge in [-0.05, 0) is 43.2 Å². The summed E-state index contributed by atoms with van der Waals surface area (Å²) in [5.74, 6) is 1.51. The quantitative estimate of drug-likeness (QED) is 0.528. The van der Waals surface area contributed by atoms with Crippen LogP contribution in [-0.2, 0) is 6.54 Å². The van der Waals surface area contributed by atoms with E-state index in [1.165, 1.54) is 0 Å². The Hall–Kier alpha value is -3.94. The summed E-state index contributed by atoms with van der Waals surface area (Å²) in [5, 5.41) is 2.90. The molecule has 0 spiro atoms. The summed E-state index contributed by atoms with van der Waals surface area (Å²) in [6.45, 7) is 1.35. The Bertz CT molecular complexity index is 1180. The Labute approximate surface area is 173 Å². The van der Waals surface area contributed by atoms with Crippen molar-refractivity contribution in [2.75, 3.05) is 11.9 Å². The van der Waals surface area contributed by atoms with Crippen LogP contribution < -0.4 is 10.1 Å². The summed E-state index contributed by atoms with van der Waals surface area (Å²) in [5.41, 5.74) is 2.00. The third kappa shape index (κ3) is 3.55. The highest BCUT2D eigenvalue weighted by Crippen LogP contribution is 2.25. The van der Waals surface area contributed by atoms with Crippen LogP contribution in [0, 0.1) is 0 Å². The summed E-state index contributed by atoms with van der Waals surface area (Å²) in [4.78, 5) is 26.2. The number of aryl methyl sites for hydroxylation is 1. The van der Waals surface area contributed by atoms with Crippen LogP contribution in [0.4, 0.5) is 5.82 Å². The lowest BCUT2D eigenvalue weighted by Gasteiger charge is -2.15. The first-order valence-electron chi connectivity index (χ1n) is 9.83. The van der Waals surface area contributed by atoms with Crippen molar-refractivity contribution < 1.29 is 9.53 Å². The fraction of sp³-hybridized carbons (Fsp3) is 0.182. The highest BCUT2D eigenvalue weighted by molar-refractivity contribution is 6.06. The summed E-state index contributed by atoms with van der Waals surface area (Å²) >= 11 is 0. The standard InChI is InChI=1S/C22H20N6O2/c29-22-17-14-16(28-11-8-23-15-28)6-7-19(17)30-13-2-1-10-27-12-9-24-21(27)18-4-3-5-20(25-18)26-22/h3-9,11-12,14-15H,1-2,10,13H2,(H,25,26,29). The first kappa shape index (κ1) is 18.1. The minimum Gasteiger partial charge on any atom is -0.493 e. The molecule has 0 saturated carbocycles. The zero-order valence-corrected chi connectivity index (χ0v) is 16.2. The molecule has 150 valence electrons. The number of anilines is 1. The Morgan fingerprint density at radius 2 is 2.03 bits per heavy atom. The molecule has 2 bridgehead atoms. The van der Waals surface area contributed by atoms with Gasteiger partial charge in [0.05, 0.1) is 18.5 Å². The van der Waals surface area contributed by atoms with E-state index in [1.807, 2.05) is 41.2 Å². The molecule has 30 heavy (non-hydrogen) atoms. The third-order valence-corrected chi connectivity index (χ3v) is 5.00. The van der Waals surface area contributed by atoms with E-state index in [0.29, 0.717) is 23.7 Å². The smallest absolute Gasteiger partial charge is 0.260 e. The molecule has 4 heterocycles. The van der Waals surface area contributed by atoms with Gasteiger partial charge < -0.3 is 19.2 Å². The van der Waals surface area contributed by atoms with Crippen LogP contribution >= 0.6 is 0 Å². The Balaban J connectivity index is 1.54. The molecule has 1 aromatic carbocycles. The second-order valence-corrected chi connectivity index (χ2v) is 7.01. The Morgan fingerprint density at radius 3 is 2.93 bits per heavy atom. The summed E-state index contributed by atoms with van der Waals surface area (Å²) in [6.07, 6.45) is 10.7. The van der Waals surface area contributed by atoms with E-state index >= 15 is 0 Å². The van der Waals surface area contributed by atoms with Crippen LogP contribution in [0.2, 0.25) is 0 Å². The van der Waals surface area contributed by atoms with Gasteiger partial charge in [-0.15, -0.1) is 0 Å².